The molecule has 6 heteroatoms. The van der Waals surface area contributed by atoms with Gasteiger partial charge >= 0.3 is 11.9 Å². The molecule has 98 valence electrons. The van der Waals surface area contributed by atoms with Crippen molar-refractivity contribution in [1.82, 2.24) is 0 Å². The highest BCUT2D eigenvalue weighted by Gasteiger charge is 1.95. The largest absolute Gasteiger partial charge is 0.454 e. The predicted octanol–water partition coefficient (Wildman–Crippen LogP) is -0.628. The lowest BCUT2D eigenvalue weighted by Gasteiger charge is -1.97. The second-order valence-corrected chi connectivity index (χ2v) is 2.76. The third-order valence-corrected chi connectivity index (χ3v) is 1.43. The van der Waals surface area contributed by atoms with Crippen LogP contribution in [0.2, 0.25) is 0 Å². The molecule has 18 heavy (non-hydrogen) atoms. The smallest absolute Gasteiger partial charge is 0.385 e. The summed E-state index contributed by atoms with van der Waals surface area (Å²) >= 11 is 0. The Balaban J connectivity index is 3.87. The van der Waals surface area contributed by atoms with Crippen molar-refractivity contribution in [3.05, 3.63) is 0 Å². The molecule has 0 aromatic carbocycles. The van der Waals surface area contributed by atoms with E-state index in [1.807, 2.05) is 0 Å². The van der Waals surface area contributed by atoms with E-state index in [9.17, 15) is 9.59 Å². The molecule has 0 fully saturated rings. The first-order chi connectivity index (χ1) is 8.70. The van der Waals surface area contributed by atoms with Gasteiger partial charge in [-0.25, -0.2) is 9.59 Å². The third kappa shape index (κ3) is 10.5. The van der Waals surface area contributed by atoms with Gasteiger partial charge in [0.25, 0.3) is 0 Å². The molecule has 0 aromatic heterocycles. The molecule has 0 aliphatic rings. The van der Waals surface area contributed by atoms with Crippen LogP contribution in [0.1, 0.15) is 0 Å². The van der Waals surface area contributed by atoms with Gasteiger partial charge in [0.15, 0.2) is 0 Å². The molecular formula is C12H14O6. The van der Waals surface area contributed by atoms with Crippen LogP contribution in [0.5, 0.6) is 0 Å². The summed E-state index contributed by atoms with van der Waals surface area (Å²) in [7, 11) is 2.97. The molecule has 0 unspecified atom stereocenters. The van der Waals surface area contributed by atoms with E-state index in [0.717, 1.165) is 0 Å². The van der Waals surface area contributed by atoms with Crippen molar-refractivity contribution in [2.45, 2.75) is 0 Å². The zero-order chi connectivity index (χ0) is 13.6. The third-order valence-electron chi connectivity index (χ3n) is 1.43. The van der Waals surface area contributed by atoms with Gasteiger partial charge in [-0.15, -0.1) is 0 Å². The van der Waals surface area contributed by atoms with Gasteiger partial charge in [0.2, 0.25) is 0 Å². The topological polar surface area (TPSA) is 71.1 Å². The summed E-state index contributed by atoms with van der Waals surface area (Å²) in [5.74, 6) is 7.08. The van der Waals surface area contributed by atoms with Crippen molar-refractivity contribution in [3.63, 3.8) is 0 Å². The molecule has 0 saturated carbocycles. The number of hydrogen-bond acceptors (Lipinski definition) is 6. The molecule has 0 N–H and O–H groups in total. The van der Waals surface area contributed by atoms with Gasteiger partial charge in [-0.05, 0) is 11.8 Å². The summed E-state index contributed by atoms with van der Waals surface area (Å²) in [6.45, 7) is 0.836. The lowest BCUT2D eigenvalue weighted by molar-refractivity contribution is -0.138. The standard InChI is InChI=1S/C12H14O6/c1-15-7-9-17-11(13)5-3-4-6-12(14)18-10-8-16-2/h7-10H2,1-2H3. The van der Waals surface area contributed by atoms with Gasteiger partial charge in [-0.3, -0.25) is 0 Å². The molecule has 0 radical (unpaired) electrons. The summed E-state index contributed by atoms with van der Waals surface area (Å²) in [6, 6.07) is 0. The number of esters is 2. The first-order valence-corrected chi connectivity index (χ1v) is 5.04. The summed E-state index contributed by atoms with van der Waals surface area (Å²) in [4.78, 5) is 21.8. The number of carbonyl (C=O) groups is 2. The Morgan fingerprint density at radius 3 is 1.50 bits per heavy atom. The molecule has 0 saturated heterocycles. The number of methoxy groups -OCH3 is 2. The van der Waals surface area contributed by atoms with Crippen LogP contribution in [0.25, 0.3) is 0 Å². The van der Waals surface area contributed by atoms with Crippen LogP contribution in [0.3, 0.4) is 0 Å². The van der Waals surface area contributed by atoms with Gasteiger partial charge in [-0.2, -0.15) is 0 Å². The molecule has 0 atom stereocenters. The molecule has 6 nitrogen and oxygen atoms in total. The van der Waals surface area contributed by atoms with Gasteiger partial charge in [0, 0.05) is 26.1 Å². The Labute approximate surface area is 106 Å². The molecule has 0 bridgehead atoms. The first kappa shape index (κ1) is 16.0. The number of rotatable bonds is 6. The summed E-state index contributed by atoms with van der Waals surface area (Å²) < 4.78 is 18.6. The van der Waals surface area contributed by atoms with Gasteiger partial charge in [0.05, 0.1) is 13.2 Å². The van der Waals surface area contributed by atoms with Crippen molar-refractivity contribution in [2.24, 2.45) is 0 Å². The second-order valence-electron chi connectivity index (χ2n) is 2.76. The Hall–Kier alpha value is -2.02. The fraction of sp³-hybridized carbons (Fsp3) is 0.500. The van der Waals surface area contributed by atoms with E-state index in [2.05, 4.69) is 42.6 Å². The fourth-order valence-corrected chi connectivity index (χ4v) is 0.672. The Morgan fingerprint density at radius 2 is 1.17 bits per heavy atom. The van der Waals surface area contributed by atoms with Crippen LogP contribution >= 0.6 is 0 Å². The number of ether oxygens (including phenoxy) is 4. The molecule has 0 aliphatic carbocycles. The van der Waals surface area contributed by atoms with Crippen molar-refractivity contribution >= 4 is 11.9 Å². The quantitative estimate of drug-likeness (QED) is 0.272. The maximum Gasteiger partial charge on any atom is 0.385 e. The Morgan fingerprint density at radius 1 is 0.778 bits per heavy atom. The highest BCUT2D eigenvalue weighted by Crippen LogP contribution is 1.78. The van der Waals surface area contributed by atoms with E-state index < -0.39 is 11.9 Å². The van der Waals surface area contributed by atoms with Gasteiger partial charge in [0.1, 0.15) is 13.2 Å². The first-order valence-electron chi connectivity index (χ1n) is 5.04. The molecule has 0 amide bonds. The predicted molar refractivity (Wildman–Crippen MR) is 61.2 cm³/mol. The van der Waals surface area contributed by atoms with Gasteiger partial charge < -0.3 is 18.9 Å². The second kappa shape index (κ2) is 11.5. The molecule has 0 aromatic rings. The van der Waals surface area contributed by atoms with E-state index >= 15 is 0 Å². The lowest BCUT2D eigenvalue weighted by Crippen LogP contribution is -2.07. The Bertz CT molecular complexity index is 341. The van der Waals surface area contributed by atoms with E-state index in [0.29, 0.717) is 13.2 Å². The average molecular weight is 254 g/mol. The number of hydrogen-bond donors (Lipinski definition) is 0. The summed E-state index contributed by atoms with van der Waals surface area (Å²) in [5, 5.41) is 0. The highest BCUT2D eigenvalue weighted by atomic mass is 16.6. The van der Waals surface area contributed by atoms with Crippen LogP contribution in [0.4, 0.5) is 0 Å². The zero-order valence-electron chi connectivity index (χ0n) is 10.3. The van der Waals surface area contributed by atoms with E-state index in [1.54, 1.807) is 0 Å². The monoisotopic (exact) mass is 254 g/mol. The minimum absolute atomic E-state index is 0.122. The minimum atomic E-state index is -0.728. The number of carbonyl (C=O) groups excluding carboxylic acids is 2. The molecule has 0 spiro atoms. The average Bonchev–Trinajstić information content (AvgIpc) is 2.35. The van der Waals surface area contributed by atoms with Crippen molar-refractivity contribution in [2.75, 3.05) is 40.6 Å². The van der Waals surface area contributed by atoms with E-state index in [4.69, 9.17) is 0 Å². The van der Waals surface area contributed by atoms with Gasteiger partial charge in [-0.1, -0.05) is 0 Å². The zero-order valence-corrected chi connectivity index (χ0v) is 10.3. The maximum absolute atomic E-state index is 10.9. The summed E-state index contributed by atoms with van der Waals surface area (Å²) in [6.07, 6.45) is 0. The van der Waals surface area contributed by atoms with Crippen LogP contribution in [0.15, 0.2) is 0 Å². The molecule has 0 heterocycles. The maximum atomic E-state index is 10.9. The molecule has 0 aliphatic heterocycles. The molecule has 0 rings (SSSR count). The van der Waals surface area contributed by atoms with Crippen molar-refractivity contribution in [3.8, 4) is 23.7 Å². The molecular weight excluding hydrogens is 240 g/mol. The SMILES string of the molecule is COCCOC(=O)C#CC#CC(=O)OCCOC. The van der Waals surface area contributed by atoms with Crippen LogP contribution in [0, 0.1) is 23.7 Å². The summed E-state index contributed by atoms with van der Waals surface area (Å²) in [5.41, 5.74) is 0. The van der Waals surface area contributed by atoms with E-state index in [-0.39, 0.29) is 13.2 Å². The van der Waals surface area contributed by atoms with Crippen molar-refractivity contribution < 1.29 is 28.5 Å². The minimum Gasteiger partial charge on any atom is -0.454 e. The highest BCUT2D eigenvalue weighted by molar-refractivity contribution is 5.91. The van der Waals surface area contributed by atoms with Crippen LogP contribution in [-0.4, -0.2) is 52.6 Å². The van der Waals surface area contributed by atoms with E-state index in [1.165, 1.54) is 14.2 Å². The Kier molecular flexibility index (Phi) is 10.2. The van der Waals surface area contributed by atoms with Crippen molar-refractivity contribution in [1.29, 1.82) is 0 Å². The fourth-order valence-electron chi connectivity index (χ4n) is 0.672. The lowest BCUT2D eigenvalue weighted by atomic mass is 10.5. The van der Waals surface area contributed by atoms with Crippen LogP contribution in [-0.2, 0) is 28.5 Å². The van der Waals surface area contributed by atoms with Crippen LogP contribution < -0.4 is 0 Å². The normalized spacial score (nSPS) is 8.33.